The van der Waals surface area contributed by atoms with Gasteiger partial charge in [-0.1, -0.05) is 37.6 Å². The standard InChI is InChI=1S/C21H25N3O2/c1-14(2)20(25)24-12-4-5-16-8-11-18(13-19(16)24)23-21(26)22-17-9-6-15(3)7-10-17/h6-11,13-14H,4-5,12H2,1-3H3,(H2,22,23,26). The number of carbonyl (C=O) groups is 2. The Morgan fingerprint density at radius 3 is 2.35 bits per heavy atom. The van der Waals surface area contributed by atoms with Crippen LogP contribution in [0.1, 0.15) is 31.4 Å². The van der Waals surface area contributed by atoms with E-state index in [0.29, 0.717) is 5.69 Å². The van der Waals surface area contributed by atoms with Crippen molar-refractivity contribution in [2.75, 3.05) is 22.1 Å². The molecule has 0 aromatic heterocycles. The highest BCUT2D eigenvalue weighted by molar-refractivity contribution is 6.01. The van der Waals surface area contributed by atoms with Gasteiger partial charge in [-0.3, -0.25) is 4.79 Å². The van der Waals surface area contributed by atoms with Crippen LogP contribution in [0.4, 0.5) is 21.9 Å². The zero-order valence-corrected chi connectivity index (χ0v) is 15.5. The molecule has 5 heteroatoms. The predicted octanol–water partition coefficient (Wildman–Crippen LogP) is 4.57. The van der Waals surface area contributed by atoms with Gasteiger partial charge in [0.05, 0.1) is 0 Å². The second kappa shape index (κ2) is 7.60. The summed E-state index contributed by atoms with van der Waals surface area (Å²) in [5.41, 5.74) is 4.61. The van der Waals surface area contributed by atoms with Crippen molar-refractivity contribution in [2.45, 2.75) is 33.6 Å². The first-order chi connectivity index (χ1) is 12.4. The molecule has 0 saturated heterocycles. The number of nitrogens with zero attached hydrogens (tertiary/aromatic N) is 1. The van der Waals surface area contributed by atoms with Gasteiger partial charge in [0.25, 0.3) is 0 Å². The number of urea groups is 1. The summed E-state index contributed by atoms with van der Waals surface area (Å²) in [6.07, 6.45) is 1.92. The first kappa shape index (κ1) is 18.0. The van der Waals surface area contributed by atoms with Crippen LogP contribution < -0.4 is 15.5 Å². The van der Waals surface area contributed by atoms with Gasteiger partial charge in [-0.25, -0.2) is 4.79 Å². The molecule has 5 nitrogen and oxygen atoms in total. The zero-order chi connectivity index (χ0) is 18.7. The van der Waals surface area contributed by atoms with E-state index >= 15 is 0 Å². The number of nitrogens with one attached hydrogen (secondary N) is 2. The lowest BCUT2D eigenvalue weighted by Crippen LogP contribution is -2.38. The Bertz CT molecular complexity index is 813. The lowest BCUT2D eigenvalue weighted by atomic mass is 9.99. The molecule has 1 heterocycles. The SMILES string of the molecule is Cc1ccc(NC(=O)Nc2ccc3c(c2)N(C(=O)C(C)C)CCC3)cc1. The van der Waals surface area contributed by atoms with Crippen molar-refractivity contribution in [3.8, 4) is 0 Å². The molecule has 0 atom stereocenters. The van der Waals surface area contributed by atoms with Gasteiger partial charge < -0.3 is 15.5 Å². The van der Waals surface area contributed by atoms with E-state index in [9.17, 15) is 9.59 Å². The molecular weight excluding hydrogens is 326 g/mol. The molecule has 2 aromatic rings. The molecule has 3 rings (SSSR count). The van der Waals surface area contributed by atoms with Crippen LogP contribution in [-0.2, 0) is 11.2 Å². The van der Waals surface area contributed by atoms with Gasteiger partial charge in [0.2, 0.25) is 5.91 Å². The van der Waals surface area contributed by atoms with Gasteiger partial charge in [-0.2, -0.15) is 0 Å². The van der Waals surface area contributed by atoms with Crippen LogP contribution in [0.3, 0.4) is 0 Å². The van der Waals surface area contributed by atoms with Gasteiger partial charge in [0, 0.05) is 29.5 Å². The third kappa shape index (κ3) is 4.04. The summed E-state index contributed by atoms with van der Waals surface area (Å²) in [6, 6.07) is 13.1. The van der Waals surface area contributed by atoms with E-state index in [4.69, 9.17) is 0 Å². The summed E-state index contributed by atoms with van der Waals surface area (Å²) in [6.45, 7) is 6.55. The molecule has 2 N–H and O–H groups in total. The van der Waals surface area contributed by atoms with Crippen molar-refractivity contribution in [1.29, 1.82) is 0 Å². The Morgan fingerprint density at radius 1 is 1.00 bits per heavy atom. The predicted molar refractivity (Wildman–Crippen MR) is 106 cm³/mol. The number of fused-ring (bicyclic) bond motifs is 1. The molecule has 3 amide bonds. The number of hydrogen-bond donors (Lipinski definition) is 2. The average molecular weight is 351 g/mol. The quantitative estimate of drug-likeness (QED) is 0.850. The summed E-state index contributed by atoms with van der Waals surface area (Å²) in [7, 11) is 0. The molecule has 0 fully saturated rings. The summed E-state index contributed by atoms with van der Waals surface area (Å²) in [5, 5.41) is 5.68. The highest BCUT2D eigenvalue weighted by Crippen LogP contribution is 2.31. The maximum atomic E-state index is 12.5. The summed E-state index contributed by atoms with van der Waals surface area (Å²) in [4.78, 5) is 26.6. The Kier molecular flexibility index (Phi) is 5.26. The number of aryl methyl sites for hydroxylation is 2. The van der Waals surface area contributed by atoms with Crippen LogP contribution in [0.15, 0.2) is 42.5 Å². The van der Waals surface area contributed by atoms with Crippen LogP contribution in [0.2, 0.25) is 0 Å². The van der Waals surface area contributed by atoms with Crippen LogP contribution in [0.5, 0.6) is 0 Å². The van der Waals surface area contributed by atoms with Gasteiger partial charge in [0.1, 0.15) is 0 Å². The van der Waals surface area contributed by atoms with E-state index in [1.165, 1.54) is 0 Å². The fourth-order valence-electron chi connectivity index (χ4n) is 3.12. The van der Waals surface area contributed by atoms with Crippen molar-refractivity contribution in [1.82, 2.24) is 0 Å². The Hall–Kier alpha value is -2.82. The number of hydrogen-bond acceptors (Lipinski definition) is 2. The van der Waals surface area contributed by atoms with E-state index in [2.05, 4.69) is 10.6 Å². The first-order valence-corrected chi connectivity index (χ1v) is 9.03. The average Bonchev–Trinajstić information content (AvgIpc) is 2.62. The highest BCUT2D eigenvalue weighted by Gasteiger charge is 2.24. The second-order valence-corrected chi connectivity index (χ2v) is 7.04. The molecular formula is C21H25N3O2. The Labute approximate surface area is 154 Å². The lowest BCUT2D eigenvalue weighted by molar-refractivity contribution is -0.121. The minimum Gasteiger partial charge on any atom is -0.312 e. The van der Waals surface area contributed by atoms with Gasteiger partial charge in [0.15, 0.2) is 0 Å². The number of benzene rings is 2. The fourth-order valence-corrected chi connectivity index (χ4v) is 3.12. The Morgan fingerprint density at radius 2 is 1.65 bits per heavy atom. The van der Waals surface area contributed by atoms with Gasteiger partial charge in [-0.15, -0.1) is 0 Å². The molecule has 0 aliphatic carbocycles. The second-order valence-electron chi connectivity index (χ2n) is 7.04. The zero-order valence-electron chi connectivity index (χ0n) is 15.5. The van der Waals surface area contributed by atoms with Gasteiger partial charge >= 0.3 is 6.03 Å². The maximum absolute atomic E-state index is 12.5. The maximum Gasteiger partial charge on any atom is 0.323 e. The monoisotopic (exact) mass is 351 g/mol. The lowest BCUT2D eigenvalue weighted by Gasteiger charge is -2.31. The Balaban J connectivity index is 1.75. The van der Waals surface area contributed by atoms with Crippen LogP contribution in [-0.4, -0.2) is 18.5 Å². The molecule has 0 saturated carbocycles. The van der Waals surface area contributed by atoms with Crippen LogP contribution in [0, 0.1) is 12.8 Å². The molecule has 0 bridgehead atoms. The molecule has 136 valence electrons. The van der Waals surface area contributed by atoms with E-state index in [0.717, 1.165) is 41.9 Å². The topological polar surface area (TPSA) is 61.4 Å². The van der Waals surface area contributed by atoms with Crippen molar-refractivity contribution >= 4 is 29.0 Å². The summed E-state index contributed by atoms with van der Waals surface area (Å²) >= 11 is 0. The summed E-state index contributed by atoms with van der Waals surface area (Å²) < 4.78 is 0. The normalized spacial score (nSPS) is 13.3. The van der Waals surface area contributed by atoms with Crippen molar-refractivity contribution in [2.24, 2.45) is 5.92 Å². The minimum atomic E-state index is -0.300. The molecule has 0 radical (unpaired) electrons. The molecule has 1 aliphatic rings. The van der Waals surface area contributed by atoms with Crippen LogP contribution >= 0.6 is 0 Å². The van der Waals surface area contributed by atoms with Crippen LogP contribution in [0.25, 0.3) is 0 Å². The smallest absolute Gasteiger partial charge is 0.312 e. The fraction of sp³-hybridized carbons (Fsp3) is 0.333. The van der Waals surface area contributed by atoms with E-state index < -0.39 is 0 Å². The number of carbonyl (C=O) groups excluding carboxylic acids is 2. The summed E-state index contributed by atoms with van der Waals surface area (Å²) in [5.74, 6) is 0.0645. The van der Waals surface area contributed by atoms with E-state index in [1.54, 1.807) is 0 Å². The van der Waals surface area contributed by atoms with Crippen molar-refractivity contribution in [3.05, 3.63) is 53.6 Å². The van der Waals surface area contributed by atoms with Gasteiger partial charge in [-0.05, 0) is 49.6 Å². The number of amides is 3. The molecule has 2 aromatic carbocycles. The molecule has 26 heavy (non-hydrogen) atoms. The third-order valence-electron chi connectivity index (χ3n) is 4.53. The third-order valence-corrected chi connectivity index (χ3v) is 4.53. The molecule has 0 spiro atoms. The largest absolute Gasteiger partial charge is 0.323 e. The minimum absolute atomic E-state index is 0.0533. The first-order valence-electron chi connectivity index (χ1n) is 9.03. The van der Waals surface area contributed by atoms with E-state index in [-0.39, 0.29) is 17.9 Å². The number of rotatable bonds is 3. The van der Waals surface area contributed by atoms with Crippen molar-refractivity contribution < 1.29 is 9.59 Å². The highest BCUT2D eigenvalue weighted by atomic mass is 16.2. The number of anilines is 3. The van der Waals surface area contributed by atoms with Crippen molar-refractivity contribution in [3.63, 3.8) is 0 Å². The molecule has 0 unspecified atom stereocenters. The molecule has 1 aliphatic heterocycles. The van der Waals surface area contributed by atoms with E-state index in [1.807, 2.05) is 68.1 Å².